The predicted octanol–water partition coefficient (Wildman–Crippen LogP) is 4.01. The number of carboxylic acids is 1. The van der Waals surface area contributed by atoms with Gasteiger partial charge >= 0.3 is 16.8 Å². The highest BCUT2D eigenvalue weighted by atomic mass is 32.2. The van der Waals surface area contributed by atoms with Gasteiger partial charge in [0, 0.05) is 21.6 Å². The van der Waals surface area contributed by atoms with Gasteiger partial charge in [-0.05, 0) is 42.4 Å². The zero-order chi connectivity index (χ0) is 22.4. The first-order chi connectivity index (χ1) is 16.0. The number of aliphatic carboxylic acids is 1. The molecule has 0 saturated heterocycles. The lowest BCUT2D eigenvalue weighted by atomic mass is 9.66. The molecular formula is C25H19NO5S2. The third-order valence-corrected chi connectivity index (χ3v) is 10.6. The van der Waals surface area contributed by atoms with Crippen LogP contribution < -0.4 is 9.61 Å². The molecule has 1 N–H and O–H groups in total. The first kappa shape index (κ1) is 19.6. The summed E-state index contributed by atoms with van der Waals surface area (Å²) in [6, 6.07) is 17.1. The number of esters is 1. The van der Waals surface area contributed by atoms with Crippen molar-refractivity contribution in [1.29, 1.82) is 0 Å². The molecule has 2 aliphatic carbocycles. The van der Waals surface area contributed by atoms with Crippen LogP contribution in [0.5, 0.6) is 5.75 Å². The second-order valence-electron chi connectivity index (χ2n) is 9.26. The van der Waals surface area contributed by atoms with Crippen molar-refractivity contribution >= 4 is 35.0 Å². The summed E-state index contributed by atoms with van der Waals surface area (Å²) in [5.41, 5.74) is 1.73. The van der Waals surface area contributed by atoms with E-state index in [2.05, 4.69) is 0 Å². The first-order valence-electron chi connectivity index (χ1n) is 11.1. The molecule has 4 aliphatic rings. The van der Waals surface area contributed by atoms with Gasteiger partial charge in [-0.3, -0.25) is 19.0 Å². The minimum Gasteiger partial charge on any atom is -0.481 e. The van der Waals surface area contributed by atoms with E-state index >= 15 is 0 Å². The Morgan fingerprint density at radius 3 is 2.58 bits per heavy atom. The summed E-state index contributed by atoms with van der Waals surface area (Å²) in [6.45, 7) is 0. The molecule has 3 heterocycles. The summed E-state index contributed by atoms with van der Waals surface area (Å²) < 4.78 is 7.61. The summed E-state index contributed by atoms with van der Waals surface area (Å²) in [6.07, 6.45) is 0.711. The van der Waals surface area contributed by atoms with Crippen molar-refractivity contribution < 1.29 is 19.4 Å². The van der Waals surface area contributed by atoms with Crippen LogP contribution in [0.1, 0.15) is 22.8 Å². The molecule has 0 amide bonds. The Kier molecular flexibility index (Phi) is 4.06. The molecule has 2 saturated carbocycles. The monoisotopic (exact) mass is 477 g/mol. The highest BCUT2D eigenvalue weighted by Crippen LogP contribution is 2.68. The van der Waals surface area contributed by atoms with Gasteiger partial charge in [-0.1, -0.05) is 47.7 Å². The number of rotatable bonds is 2. The minimum absolute atomic E-state index is 0.0350. The van der Waals surface area contributed by atoms with Crippen LogP contribution in [0.2, 0.25) is 0 Å². The Hall–Kier alpha value is -2.84. The maximum Gasteiger partial charge on any atom is 0.315 e. The molecule has 7 unspecified atom stereocenters. The number of carbonyl (C=O) groups excluding carboxylic acids is 1. The van der Waals surface area contributed by atoms with Crippen LogP contribution in [-0.4, -0.2) is 26.9 Å². The second kappa shape index (κ2) is 6.84. The Bertz CT molecular complexity index is 1380. The van der Waals surface area contributed by atoms with Crippen LogP contribution in [0.3, 0.4) is 0 Å². The number of ether oxygens (including phenoxy) is 1. The zero-order valence-electron chi connectivity index (χ0n) is 17.3. The van der Waals surface area contributed by atoms with E-state index in [4.69, 9.17) is 4.74 Å². The van der Waals surface area contributed by atoms with Crippen molar-refractivity contribution in [2.45, 2.75) is 22.6 Å². The minimum atomic E-state index is -0.925. The van der Waals surface area contributed by atoms with Crippen LogP contribution in [0, 0.1) is 29.6 Å². The van der Waals surface area contributed by atoms with E-state index < -0.39 is 23.8 Å². The molecule has 2 aliphatic heterocycles. The van der Waals surface area contributed by atoms with Gasteiger partial charge in [-0.25, -0.2) is 0 Å². The summed E-state index contributed by atoms with van der Waals surface area (Å²) in [7, 11) is 0. The molecule has 7 rings (SSSR count). The van der Waals surface area contributed by atoms with Crippen molar-refractivity contribution in [3.05, 3.63) is 74.7 Å². The maximum atomic E-state index is 13.3. The van der Waals surface area contributed by atoms with Gasteiger partial charge in [-0.15, -0.1) is 11.8 Å². The van der Waals surface area contributed by atoms with Crippen molar-refractivity contribution in [2.75, 3.05) is 0 Å². The fourth-order valence-corrected chi connectivity index (χ4v) is 9.97. The SMILES string of the molecule is O=C(O)C1C2CC3C1C(=O)Oc1ccccc1C1c4sc(=O)n(-c5ccccc5)c4SC2C13. The second-order valence-corrected chi connectivity index (χ2v) is 11.4. The van der Waals surface area contributed by atoms with Gasteiger partial charge < -0.3 is 9.84 Å². The average molecular weight is 478 g/mol. The van der Waals surface area contributed by atoms with Crippen LogP contribution in [0.25, 0.3) is 5.69 Å². The van der Waals surface area contributed by atoms with Gasteiger partial charge in [0.15, 0.2) is 0 Å². The standard InChI is InChI=1S/C25H19NO5S2/c27-23(28)18-14-10-13-17-16(12-8-4-5-9-15(12)31-24(29)19(13)18)21-22(32-20(14)17)26(25(30)33-21)11-6-2-1-3-7-11/h1-9,13-14,16-20H,10H2,(H,27,28). The number of hydrogen-bond acceptors (Lipinski definition) is 6. The molecule has 2 fully saturated rings. The number of hydrogen-bond donors (Lipinski definition) is 1. The molecule has 1 aromatic heterocycles. The predicted molar refractivity (Wildman–Crippen MR) is 123 cm³/mol. The highest BCUT2D eigenvalue weighted by molar-refractivity contribution is 8.00. The summed E-state index contributed by atoms with van der Waals surface area (Å²) in [5, 5.41) is 11.0. The number of para-hydroxylation sites is 2. The molecular weight excluding hydrogens is 458 g/mol. The Labute approximate surface area is 197 Å². The highest BCUT2D eigenvalue weighted by Gasteiger charge is 2.67. The first-order valence-corrected chi connectivity index (χ1v) is 12.8. The number of aromatic nitrogens is 1. The molecule has 166 valence electrons. The Morgan fingerprint density at radius 2 is 1.79 bits per heavy atom. The van der Waals surface area contributed by atoms with Gasteiger partial charge in [-0.2, -0.15) is 0 Å². The smallest absolute Gasteiger partial charge is 0.315 e. The number of benzene rings is 2. The lowest BCUT2D eigenvalue weighted by molar-refractivity contribution is -0.156. The number of carbonyl (C=O) groups is 2. The number of thiazole rings is 1. The Balaban J connectivity index is 1.50. The van der Waals surface area contributed by atoms with Crippen LogP contribution in [0.15, 0.2) is 64.4 Å². The van der Waals surface area contributed by atoms with Crippen molar-refractivity contribution in [2.24, 2.45) is 29.6 Å². The lowest BCUT2D eigenvalue weighted by Crippen LogP contribution is -2.49. The molecule has 33 heavy (non-hydrogen) atoms. The van der Waals surface area contributed by atoms with Crippen molar-refractivity contribution in [3.63, 3.8) is 0 Å². The van der Waals surface area contributed by atoms with Gasteiger partial charge in [0.2, 0.25) is 0 Å². The Morgan fingerprint density at radius 1 is 1.03 bits per heavy atom. The maximum absolute atomic E-state index is 13.3. The van der Waals surface area contributed by atoms with Gasteiger partial charge in [0.05, 0.1) is 22.5 Å². The third-order valence-electron chi connectivity index (χ3n) is 7.89. The fourth-order valence-electron chi connectivity index (χ4n) is 6.81. The van der Waals surface area contributed by atoms with Crippen LogP contribution in [0.4, 0.5) is 0 Å². The van der Waals surface area contributed by atoms with E-state index in [1.165, 1.54) is 11.3 Å². The average Bonchev–Trinajstić information content (AvgIpc) is 3.46. The molecule has 7 atom stereocenters. The molecule has 6 nitrogen and oxygen atoms in total. The number of fused-ring (bicyclic) bond motifs is 6. The molecule has 0 spiro atoms. The van der Waals surface area contributed by atoms with E-state index in [-0.39, 0.29) is 33.8 Å². The van der Waals surface area contributed by atoms with Crippen LogP contribution in [-0.2, 0) is 9.59 Å². The summed E-state index contributed by atoms with van der Waals surface area (Å²) in [4.78, 5) is 39.7. The van der Waals surface area contributed by atoms with Crippen molar-refractivity contribution in [3.8, 4) is 11.4 Å². The molecule has 2 bridgehead atoms. The molecule has 0 radical (unpaired) electrons. The molecule has 2 aromatic carbocycles. The van der Waals surface area contributed by atoms with Gasteiger partial charge in [0.1, 0.15) is 5.75 Å². The normalized spacial score (nSPS) is 33.0. The van der Waals surface area contributed by atoms with Crippen LogP contribution >= 0.6 is 23.1 Å². The van der Waals surface area contributed by atoms with Gasteiger partial charge in [0.25, 0.3) is 0 Å². The van der Waals surface area contributed by atoms with Crippen molar-refractivity contribution in [1.82, 2.24) is 4.57 Å². The lowest BCUT2D eigenvalue weighted by Gasteiger charge is -2.46. The molecule has 8 heteroatoms. The largest absolute Gasteiger partial charge is 0.481 e. The molecule has 3 aromatic rings. The zero-order valence-corrected chi connectivity index (χ0v) is 18.9. The van der Waals surface area contributed by atoms with E-state index in [1.54, 1.807) is 22.4 Å². The summed E-state index contributed by atoms with van der Waals surface area (Å²) >= 11 is 2.91. The third kappa shape index (κ3) is 2.53. The number of thioether (sulfide) groups is 1. The number of nitrogens with zero attached hydrogens (tertiary/aromatic N) is 1. The van der Waals surface area contributed by atoms with E-state index in [0.717, 1.165) is 21.2 Å². The van der Waals surface area contributed by atoms with E-state index in [0.29, 0.717) is 12.2 Å². The van der Waals surface area contributed by atoms with E-state index in [9.17, 15) is 19.5 Å². The summed E-state index contributed by atoms with van der Waals surface area (Å²) in [5.74, 6) is -2.44. The fraction of sp³-hybridized carbons (Fsp3) is 0.320. The number of carboxylic acid groups (broad SMARTS) is 1. The quantitative estimate of drug-likeness (QED) is 0.444. The topological polar surface area (TPSA) is 85.6 Å². The van der Waals surface area contributed by atoms with E-state index in [1.807, 2.05) is 48.5 Å².